The Morgan fingerprint density at radius 3 is 2.40 bits per heavy atom. The average Bonchev–Trinajstić information content (AvgIpc) is 2.18. The van der Waals surface area contributed by atoms with E-state index in [1.165, 1.54) is 6.42 Å². The van der Waals surface area contributed by atoms with E-state index in [1.54, 1.807) is 18.7 Å². The van der Waals surface area contributed by atoms with Gasteiger partial charge >= 0.3 is 6.09 Å². The van der Waals surface area contributed by atoms with Gasteiger partial charge in [-0.05, 0) is 26.2 Å². The Labute approximate surface area is 91.5 Å². The predicted octanol–water partition coefficient (Wildman–Crippen LogP) is 2.38. The lowest BCUT2D eigenvalue weighted by Gasteiger charge is -2.31. The summed E-state index contributed by atoms with van der Waals surface area (Å²) in [5.74, 6) is -0.816. The van der Waals surface area contributed by atoms with Gasteiger partial charge in [0.2, 0.25) is 5.79 Å². The fourth-order valence-electron chi connectivity index (χ4n) is 1.73. The zero-order valence-electron chi connectivity index (χ0n) is 9.91. The molecule has 0 unspecified atom stereocenters. The van der Waals surface area contributed by atoms with E-state index in [-0.39, 0.29) is 6.09 Å². The summed E-state index contributed by atoms with van der Waals surface area (Å²) in [5.41, 5.74) is 0. The summed E-state index contributed by atoms with van der Waals surface area (Å²) in [7, 11) is 0. The molecular weight excluding hydrogens is 194 g/mol. The highest BCUT2D eigenvalue weighted by molar-refractivity contribution is 5.68. The van der Waals surface area contributed by atoms with Crippen LogP contribution in [0.4, 0.5) is 4.79 Å². The molecule has 15 heavy (non-hydrogen) atoms. The minimum atomic E-state index is -0.816. The number of likely N-dealkylation sites (tertiary alicyclic amines) is 1. The van der Waals surface area contributed by atoms with Gasteiger partial charge in [0.05, 0.1) is 0 Å². The summed E-state index contributed by atoms with van der Waals surface area (Å²) in [5, 5.41) is 0. The Hall–Kier alpha value is -0.770. The number of rotatable bonds is 3. The number of hydrogen-bond acceptors (Lipinski definition) is 3. The predicted molar refractivity (Wildman–Crippen MR) is 57.6 cm³/mol. The Kier molecular flexibility index (Phi) is 4.39. The number of amides is 1. The van der Waals surface area contributed by atoms with Crippen molar-refractivity contribution in [2.45, 2.75) is 45.8 Å². The van der Waals surface area contributed by atoms with Crippen LogP contribution in [0.15, 0.2) is 0 Å². The second-order valence-electron chi connectivity index (χ2n) is 4.25. The molecule has 4 heteroatoms. The fraction of sp³-hybridized carbons (Fsp3) is 0.909. The van der Waals surface area contributed by atoms with E-state index in [0.29, 0.717) is 6.61 Å². The molecule has 0 aromatic rings. The average molecular weight is 215 g/mol. The molecule has 1 aliphatic heterocycles. The van der Waals surface area contributed by atoms with Crippen LogP contribution in [0.25, 0.3) is 0 Å². The van der Waals surface area contributed by atoms with Gasteiger partial charge in [0.1, 0.15) is 0 Å². The van der Waals surface area contributed by atoms with Gasteiger partial charge in [-0.15, -0.1) is 0 Å². The van der Waals surface area contributed by atoms with Crippen molar-refractivity contribution in [1.29, 1.82) is 0 Å². The summed E-state index contributed by atoms with van der Waals surface area (Å²) in [4.78, 5) is 13.5. The molecule has 0 aliphatic carbocycles. The molecule has 0 aromatic carbocycles. The third-order valence-corrected chi connectivity index (χ3v) is 2.44. The molecule has 88 valence electrons. The molecule has 0 N–H and O–H groups in total. The lowest BCUT2D eigenvalue weighted by atomic mass is 10.1. The van der Waals surface area contributed by atoms with E-state index in [9.17, 15) is 4.79 Å². The molecule has 4 nitrogen and oxygen atoms in total. The molecule has 0 bridgehead atoms. The van der Waals surface area contributed by atoms with Gasteiger partial charge in [0.15, 0.2) is 0 Å². The molecule has 0 radical (unpaired) electrons. The van der Waals surface area contributed by atoms with Crippen LogP contribution in [0.1, 0.15) is 40.0 Å². The maximum Gasteiger partial charge on any atom is 0.412 e. The number of carbonyl (C=O) groups is 1. The van der Waals surface area contributed by atoms with Crippen molar-refractivity contribution < 1.29 is 14.3 Å². The largest absolute Gasteiger partial charge is 0.417 e. The summed E-state index contributed by atoms with van der Waals surface area (Å²) < 4.78 is 10.6. The van der Waals surface area contributed by atoms with E-state index in [1.807, 2.05) is 6.92 Å². The molecule has 1 heterocycles. The number of carbonyl (C=O) groups excluding carboxylic acids is 1. The summed E-state index contributed by atoms with van der Waals surface area (Å²) >= 11 is 0. The molecule has 1 amide bonds. The third kappa shape index (κ3) is 4.08. The Bertz CT molecular complexity index is 210. The van der Waals surface area contributed by atoms with Crippen LogP contribution in [-0.4, -0.2) is 36.5 Å². The molecular formula is C11H21NO3. The van der Waals surface area contributed by atoms with Crippen LogP contribution >= 0.6 is 0 Å². The standard InChI is InChI=1S/C11H21NO3/c1-4-14-11(2,3)15-10(13)12-8-6-5-7-9-12/h4-9H2,1-3H3. The SMILES string of the molecule is CCOC(C)(C)OC(=O)N1CCCCC1. The first-order valence-corrected chi connectivity index (χ1v) is 5.67. The normalized spacial score (nSPS) is 17.7. The Morgan fingerprint density at radius 2 is 1.87 bits per heavy atom. The molecule has 0 saturated carbocycles. The Balaban J connectivity index is 2.39. The van der Waals surface area contributed by atoms with E-state index < -0.39 is 5.79 Å². The van der Waals surface area contributed by atoms with Crippen molar-refractivity contribution >= 4 is 6.09 Å². The maximum absolute atomic E-state index is 11.7. The minimum absolute atomic E-state index is 0.256. The van der Waals surface area contributed by atoms with Gasteiger partial charge in [0, 0.05) is 33.5 Å². The topological polar surface area (TPSA) is 38.8 Å². The molecule has 0 spiro atoms. The summed E-state index contributed by atoms with van der Waals surface area (Å²) in [6, 6.07) is 0. The third-order valence-electron chi connectivity index (χ3n) is 2.44. The van der Waals surface area contributed by atoms with Crippen LogP contribution < -0.4 is 0 Å². The second-order valence-corrected chi connectivity index (χ2v) is 4.25. The van der Waals surface area contributed by atoms with Crippen LogP contribution in [0.3, 0.4) is 0 Å². The number of ether oxygens (including phenoxy) is 2. The van der Waals surface area contributed by atoms with Gasteiger partial charge in [0.25, 0.3) is 0 Å². The first kappa shape index (κ1) is 12.3. The van der Waals surface area contributed by atoms with Crippen molar-refractivity contribution in [2.24, 2.45) is 0 Å². The van der Waals surface area contributed by atoms with Crippen LogP contribution in [-0.2, 0) is 9.47 Å². The van der Waals surface area contributed by atoms with Crippen LogP contribution in [0.2, 0.25) is 0 Å². The van der Waals surface area contributed by atoms with Gasteiger partial charge in [-0.25, -0.2) is 4.79 Å². The molecule has 0 aromatic heterocycles. The zero-order chi connectivity index (χ0) is 11.3. The van der Waals surface area contributed by atoms with Crippen molar-refractivity contribution in [3.8, 4) is 0 Å². The van der Waals surface area contributed by atoms with E-state index in [0.717, 1.165) is 25.9 Å². The van der Waals surface area contributed by atoms with E-state index in [4.69, 9.17) is 9.47 Å². The number of nitrogens with zero attached hydrogens (tertiary/aromatic N) is 1. The smallest absolute Gasteiger partial charge is 0.412 e. The lowest BCUT2D eigenvalue weighted by Crippen LogP contribution is -2.41. The molecule has 1 fully saturated rings. The monoisotopic (exact) mass is 215 g/mol. The Morgan fingerprint density at radius 1 is 1.27 bits per heavy atom. The van der Waals surface area contributed by atoms with Crippen molar-refractivity contribution in [2.75, 3.05) is 19.7 Å². The molecule has 0 atom stereocenters. The first-order chi connectivity index (χ1) is 7.05. The van der Waals surface area contributed by atoms with E-state index >= 15 is 0 Å². The van der Waals surface area contributed by atoms with Crippen molar-refractivity contribution in [3.63, 3.8) is 0 Å². The maximum atomic E-state index is 11.7. The van der Waals surface area contributed by atoms with Crippen molar-refractivity contribution in [3.05, 3.63) is 0 Å². The highest BCUT2D eigenvalue weighted by Gasteiger charge is 2.27. The zero-order valence-corrected chi connectivity index (χ0v) is 9.91. The van der Waals surface area contributed by atoms with Gasteiger partial charge in [-0.1, -0.05) is 0 Å². The van der Waals surface area contributed by atoms with Crippen LogP contribution in [0.5, 0.6) is 0 Å². The van der Waals surface area contributed by atoms with Gasteiger partial charge < -0.3 is 14.4 Å². The highest BCUT2D eigenvalue weighted by Crippen LogP contribution is 2.16. The van der Waals surface area contributed by atoms with E-state index in [2.05, 4.69) is 0 Å². The molecule has 1 saturated heterocycles. The first-order valence-electron chi connectivity index (χ1n) is 5.67. The van der Waals surface area contributed by atoms with Gasteiger partial charge in [-0.3, -0.25) is 0 Å². The number of hydrogen-bond donors (Lipinski definition) is 0. The molecule has 1 aliphatic rings. The quantitative estimate of drug-likeness (QED) is 0.678. The molecule has 1 rings (SSSR count). The summed E-state index contributed by atoms with van der Waals surface area (Å²) in [6.45, 7) is 7.57. The lowest BCUT2D eigenvalue weighted by molar-refractivity contribution is -0.179. The summed E-state index contributed by atoms with van der Waals surface area (Å²) in [6.07, 6.45) is 3.10. The van der Waals surface area contributed by atoms with Crippen molar-refractivity contribution in [1.82, 2.24) is 4.90 Å². The second kappa shape index (κ2) is 5.35. The van der Waals surface area contributed by atoms with Gasteiger partial charge in [-0.2, -0.15) is 0 Å². The van der Waals surface area contributed by atoms with Crippen LogP contribution in [0, 0.1) is 0 Å². The minimum Gasteiger partial charge on any atom is -0.417 e. The fourth-order valence-corrected chi connectivity index (χ4v) is 1.73. The highest BCUT2D eigenvalue weighted by atomic mass is 16.7. The number of piperidine rings is 1.